The van der Waals surface area contributed by atoms with Gasteiger partial charge in [-0.3, -0.25) is 4.79 Å². The van der Waals surface area contributed by atoms with Gasteiger partial charge in [-0.05, 0) is 24.5 Å². The first-order chi connectivity index (χ1) is 12.3. The van der Waals surface area contributed by atoms with Crippen molar-refractivity contribution in [3.63, 3.8) is 0 Å². The molecule has 0 saturated heterocycles. The number of ether oxygens (including phenoxy) is 1. The van der Waals surface area contributed by atoms with Crippen LogP contribution in [0.2, 0.25) is 0 Å². The van der Waals surface area contributed by atoms with Gasteiger partial charge in [-0.2, -0.15) is 0 Å². The van der Waals surface area contributed by atoms with Crippen molar-refractivity contribution < 1.29 is 13.9 Å². The first-order valence-corrected chi connectivity index (χ1v) is 8.97. The number of nitrogens with zero attached hydrogens (tertiary/aromatic N) is 2. The predicted octanol–water partition coefficient (Wildman–Crippen LogP) is 2.88. The number of rotatable bonds is 9. The van der Waals surface area contributed by atoms with E-state index in [4.69, 9.17) is 4.74 Å². The minimum absolute atomic E-state index is 0. The van der Waals surface area contributed by atoms with E-state index in [1.165, 1.54) is 11.0 Å². The van der Waals surface area contributed by atoms with Crippen LogP contribution in [0.1, 0.15) is 27.2 Å². The fraction of sp³-hybridized carbons (Fsp3) is 0.579. The summed E-state index contributed by atoms with van der Waals surface area (Å²) >= 11 is 0. The molecule has 27 heavy (non-hydrogen) atoms. The molecule has 0 aliphatic heterocycles. The Balaban J connectivity index is 0.00000676. The number of carbonyl (C=O) groups is 1. The number of para-hydroxylation sites is 1. The standard InChI is InChI=1S/C19H31FN4O2.HI/c1-6-15(26-17-10-8-7-9-16(17)20)12-22-19(21-11-14(2)3)23-13-18(25)24(4)5;/h7-10,14-15H,6,11-13H2,1-5H3,(H2,21,22,23);1H. The summed E-state index contributed by atoms with van der Waals surface area (Å²) in [5.74, 6) is 0.755. The second kappa shape index (κ2) is 13.6. The lowest BCUT2D eigenvalue weighted by Gasteiger charge is -2.21. The SMILES string of the molecule is CCC(CNC(=NCC(=O)N(C)C)NCC(C)C)Oc1ccccc1F.I. The molecule has 154 valence electrons. The zero-order chi connectivity index (χ0) is 19.5. The topological polar surface area (TPSA) is 66.0 Å². The van der Waals surface area contributed by atoms with E-state index in [1.54, 1.807) is 32.3 Å². The van der Waals surface area contributed by atoms with Gasteiger partial charge in [0.25, 0.3) is 0 Å². The maximum Gasteiger partial charge on any atom is 0.243 e. The molecule has 8 heteroatoms. The summed E-state index contributed by atoms with van der Waals surface area (Å²) in [6.45, 7) is 7.39. The lowest BCUT2D eigenvalue weighted by molar-refractivity contribution is -0.127. The lowest BCUT2D eigenvalue weighted by atomic mass is 10.2. The fourth-order valence-electron chi connectivity index (χ4n) is 1.96. The summed E-state index contributed by atoms with van der Waals surface area (Å²) in [5.41, 5.74) is 0. The molecule has 0 aliphatic carbocycles. The highest BCUT2D eigenvalue weighted by Gasteiger charge is 2.13. The fourth-order valence-corrected chi connectivity index (χ4v) is 1.96. The average molecular weight is 494 g/mol. The molecule has 0 fully saturated rings. The molecule has 1 unspecified atom stereocenters. The van der Waals surface area contributed by atoms with E-state index < -0.39 is 0 Å². The van der Waals surface area contributed by atoms with Crippen molar-refractivity contribution >= 4 is 35.8 Å². The van der Waals surface area contributed by atoms with Gasteiger partial charge in [0.1, 0.15) is 12.6 Å². The number of halogens is 2. The number of carbonyl (C=O) groups excluding carboxylic acids is 1. The largest absolute Gasteiger partial charge is 0.486 e. The van der Waals surface area contributed by atoms with E-state index in [2.05, 4.69) is 29.5 Å². The summed E-state index contributed by atoms with van der Waals surface area (Å²) in [7, 11) is 3.39. The van der Waals surface area contributed by atoms with E-state index in [9.17, 15) is 9.18 Å². The first-order valence-electron chi connectivity index (χ1n) is 8.97. The van der Waals surface area contributed by atoms with Crippen LogP contribution in [0, 0.1) is 11.7 Å². The van der Waals surface area contributed by atoms with Crippen LogP contribution in [0.25, 0.3) is 0 Å². The third-order valence-electron chi connectivity index (χ3n) is 3.63. The highest BCUT2D eigenvalue weighted by molar-refractivity contribution is 14.0. The van der Waals surface area contributed by atoms with Crippen LogP contribution in [0.4, 0.5) is 4.39 Å². The van der Waals surface area contributed by atoms with Crippen LogP contribution in [-0.4, -0.2) is 56.6 Å². The molecule has 0 aliphatic rings. The van der Waals surface area contributed by atoms with Crippen molar-refractivity contribution in [1.82, 2.24) is 15.5 Å². The molecule has 1 aromatic rings. The molecule has 0 radical (unpaired) electrons. The van der Waals surface area contributed by atoms with E-state index >= 15 is 0 Å². The normalized spacial score (nSPS) is 12.2. The molecule has 2 N–H and O–H groups in total. The summed E-state index contributed by atoms with van der Waals surface area (Å²) in [6, 6.07) is 6.35. The number of aliphatic imine (C=N–C) groups is 1. The number of benzene rings is 1. The Morgan fingerprint density at radius 3 is 2.41 bits per heavy atom. The molecule has 0 heterocycles. The molecule has 1 amide bonds. The second-order valence-electron chi connectivity index (χ2n) is 6.69. The highest BCUT2D eigenvalue weighted by atomic mass is 127. The summed E-state index contributed by atoms with van der Waals surface area (Å²) in [4.78, 5) is 17.6. The highest BCUT2D eigenvalue weighted by Crippen LogP contribution is 2.17. The monoisotopic (exact) mass is 494 g/mol. The Hall–Kier alpha value is -1.58. The smallest absolute Gasteiger partial charge is 0.243 e. The van der Waals surface area contributed by atoms with Gasteiger partial charge in [-0.1, -0.05) is 32.9 Å². The van der Waals surface area contributed by atoms with E-state index in [-0.39, 0.29) is 54.1 Å². The van der Waals surface area contributed by atoms with Crippen molar-refractivity contribution in [3.8, 4) is 5.75 Å². The number of hydrogen-bond donors (Lipinski definition) is 2. The van der Waals surface area contributed by atoms with Crippen molar-refractivity contribution in [2.45, 2.75) is 33.3 Å². The zero-order valence-corrected chi connectivity index (χ0v) is 19.1. The van der Waals surface area contributed by atoms with Crippen molar-refractivity contribution in [2.75, 3.05) is 33.7 Å². The van der Waals surface area contributed by atoms with Crippen molar-refractivity contribution in [2.24, 2.45) is 10.9 Å². The molecule has 0 aromatic heterocycles. The molecule has 1 rings (SSSR count). The van der Waals surface area contributed by atoms with E-state index in [0.717, 1.165) is 6.54 Å². The maximum absolute atomic E-state index is 13.8. The Morgan fingerprint density at radius 1 is 1.22 bits per heavy atom. The van der Waals surface area contributed by atoms with Crippen molar-refractivity contribution in [3.05, 3.63) is 30.1 Å². The van der Waals surface area contributed by atoms with Gasteiger partial charge in [0.15, 0.2) is 17.5 Å². The third-order valence-corrected chi connectivity index (χ3v) is 3.63. The number of amides is 1. The minimum Gasteiger partial charge on any atom is -0.486 e. The number of guanidine groups is 1. The van der Waals surface area contributed by atoms with E-state index in [1.807, 2.05) is 6.92 Å². The molecule has 1 aromatic carbocycles. The average Bonchev–Trinajstić information content (AvgIpc) is 2.60. The van der Waals surface area contributed by atoms with Crippen LogP contribution in [0.15, 0.2) is 29.3 Å². The summed E-state index contributed by atoms with van der Waals surface area (Å²) in [5, 5.41) is 6.39. The number of likely N-dealkylation sites (N-methyl/N-ethyl adjacent to an activating group) is 1. The van der Waals surface area contributed by atoms with Gasteiger partial charge < -0.3 is 20.3 Å². The van der Waals surface area contributed by atoms with Gasteiger partial charge in [0.05, 0.1) is 6.54 Å². The van der Waals surface area contributed by atoms with E-state index in [0.29, 0.717) is 24.8 Å². The molecular formula is C19H32FIN4O2. The van der Waals surface area contributed by atoms with Crippen LogP contribution >= 0.6 is 24.0 Å². The Labute approximate surface area is 179 Å². The second-order valence-corrected chi connectivity index (χ2v) is 6.69. The van der Waals surface area contributed by atoms with Gasteiger partial charge in [-0.15, -0.1) is 24.0 Å². The van der Waals surface area contributed by atoms with Crippen molar-refractivity contribution in [1.29, 1.82) is 0 Å². The van der Waals surface area contributed by atoms with Gasteiger partial charge in [0, 0.05) is 20.6 Å². The Bertz CT molecular complexity index is 597. The quantitative estimate of drug-likeness (QED) is 0.315. The molecule has 0 saturated carbocycles. The van der Waals surface area contributed by atoms with Crippen LogP contribution in [0.3, 0.4) is 0 Å². The Kier molecular flexibility index (Phi) is 12.8. The van der Waals surface area contributed by atoms with Crippen LogP contribution in [0.5, 0.6) is 5.75 Å². The van der Waals surface area contributed by atoms with Crippen LogP contribution in [-0.2, 0) is 4.79 Å². The number of hydrogen-bond acceptors (Lipinski definition) is 3. The van der Waals surface area contributed by atoms with Crippen LogP contribution < -0.4 is 15.4 Å². The number of nitrogens with one attached hydrogen (secondary N) is 2. The molecule has 0 bridgehead atoms. The molecule has 1 atom stereocenters. The lowest BCUT2D eigenvalue weighted by Crippen LogP contribution is -2.44. The minimum atomic E-state index is -0.380. The predicted molar refractivity (Wildman–Crippen MR) is 118 cm³/mol. The maximum atomic E-state index is 13.8. The van der Waals surface area contributed by atoms with Gasteiger partial charge >= 0.3 is 0 Å². The summed E-state index contributed by atoms with van der Waals surface area (Å²) < 4.78 is 19.5. The van der Waals surface area contributed by atoms with Gasteiger partial charge in [0.2, 0.25) is 5.91 Å². The molecular weight excluding hydrogens is 462 g/mol. The zero-order valence-electron chi connectivity index (χ0n) is 16.8. The first kappa shape index (κ1) is 25.4. The third kappa shape index (κ3) is 10.4. The Morgan fingerprint density at radius 2 is 1.85 bits per heavy atom. The molecule has 6 nitrogen and oxygen atoms in total. The summed E-state index contributed by atoms with van der Waals surface area (Å²) in [6.07, 6.45) is 0.484. The van der Waals surface area contributed by atoms with Gasteiger partial charge in [-0.25, -0.2) is 9.38 Å². The molecule has 0 spiro atoms.